The van der Waals surface area contributed by atoms with Crippen LogP contribution in [-0.4, -0.2) is 34.8 Å². The zero-order chi connectivity index (χ0) is 22.8. The summed E-state index contributed by atoms with van der Waals surface area (Å²) < 4.78 is 0. The van der Waals surface area contributed by atoms with Crippen LogP contribution in [0.15, 0.2) is 66.9 Å². The number of halogens is 1. The lowest BCUT2D eigenvalue weighted by Crippen LogP contribution is -2.40. The maximum Gasteiger partial charge on any atom is 0.261 e. The van der Waals surface area contributed by atoms with Crippen LogP contribution < -0.4 is 5.32 Å². The number of hydrogen-bond acceptors (Lipinski definition) is 4. The second-order valence-corrected chi connectivity index (χ2v) is 8.77. The van der Waals surface area contributed by atoms with Crippen molar-refractivity contribution in [3.8, 4) is 0 Å². The van der Waals surface area contributed by atoms with Gasteiger partial charge in [-0.3, -0.25) is 19.5 Å². The number of benzene rings is 3. The third-order valence-electron chi connectivity index (χ3n) is 6.18. The number of hydrogen-bond donors (Lipinski definition) is 1. The van der Waals surface area contributed by atoms with Gasteiger partial charge >= 0.3 is 0 Å². The summed E-state index contributed by atoms with van der Waals surface area (Å²) in [5.74, 6) is -0.369. The van der Waals surface area contributed by atoms with Gasteiger partial charge in [0.05, 0.1) is 5.52 Å². The SMILES string of the molecule is O=C1c2cccc3cccc(c23)C(=O)N1CCCCCCNc1ccnc2cc(Cl)ccc12. The topological polar surface area (TPSA) is 62.3 Å². The standard InChI is InChI=1S/C27H24ClN3O2/c28-19-11-12-20-23(13-15-30-24(20)17-19)29-14-3-1-2-4-16-31-26(32)21-9-5-7-18-8-6-10-22(25(18)21)27(31)33/h5-13,15,17H,1-4,14,16H2,(H,29,30). The number of anilines is 1. The van der Waals surface area contributed by atoms with Gasteiger partial charge in [-0.05, 0) is 54.6 Å². The molecule has 3 aromatic carbocycles. The first kappa shape index (κ1) is 21.4. The van der Waals surface area contributed by atoms with E-state index in [1.807, 2.05) is 60.7 Å². The van der Waals surface area contributed by atoms with Gasteiger partial charge in [0.15, 0.2) is 0 Å². The third-order valence-corrected chi connectivity index (χ3v) is 6.42. The van der Waals surface area contributed by atoms with Crippen LogP contribution >= 0.6 is 11.6 Å². The van der Waals surface area contributed by atoms with Gasteiger partial charge in [0.25, 0.3) is 11.8 Å². The highest BCUT2D eigenvalue weighted by atomic mass is 35.5. The Hall–Kier alpha value is -3.44. The van der Waals surface area contributed by atoms with Crippen LogP contribution in [-0.2, 0) is 0 Å². The summed E-state index contributed by atoms with van der Waals surface area (Å²) in [5.41, 5.74) is 3.17. The van der Waals surface area contributed by atoms with E-state index in [0.717, 1.165) is 59.6 Å². The van der Waals surface area contributed by atoms with E-state index in [-0.39, 0.29) is 11.8 Å². The molecule has 0 bridgehead atoms. The highest BCUT2D eigenvalue weighted by Gasteiger charge is 2.31. The Morgan fingerprint density at radius 3 is 2.33 bits per heavy atom. The summed E-state index contributed by atoms with van der Waals surface area (Å²) in [6.45, 7) is 1.30. The van der Waals surface area contributed by atoms with Gasteiger partial charge < -0.3 is 5.32 Å². The molecule has 0 atom stereocenters. The van der Waals surface area contributed by atoms with Crippen LogP contribution in [0.3, 0.4) is 0 Å². The van der Waals surface area contributed by atoms with Gasteiger partial charge in [-0.15, -0.1) is 0 Å². The van der Waals surface area contributed by atoms with E-state index in [0.29, 0.717) is 22.7 Å². The molecule has 1 N–H and O–H groups in total. The number of carbonyl (C=O) groups excluding carboxylic acids is 2. The molecule has 6 heteroatoms. The summed E-state index contributed by atoms with van der Waals surface area (Å²) in [4.78, 5) is 31.7. The highest BCUT2D eigenvalue weighted by Crippen LogP contribution is 2.30. The average Bonchev–Trinajstić information content (AvgIpc) is 2.83. The van der Waals surface area contributed by atoms with Crippen LogP contribution in [0.2, 0.25) is 5.02 Å². The van der Waals surface area contributed by atoms with Gasteiger partial charge in [0, 0.05) is 51.9 Å². The Balaban J connectivity index is 1.12. The molecule has 4 aromatic rings. The largest absolute Gasteiger partial charge is 0.384 e. The lowest BCUT2D eigenvalue weighted by atomic mass is 9.94. The first-order valence-corrected chi connectivity index (χ1v) is 11.7. The monoisotopic (exact) mass is 457 g/mol. The van der Waals surface area contributed by atoms with E-state index < -0.39 is 0 Å². The minimum Gasteiger partial charge on any atom is -0.384 e. The fourth-order valence-electron chi connectivity index (χ4n) is 4.53. The molecule has 33 heavy (non-hydrogen) atoms. The minimum absolute atomic E-state index is 0.185. The van der Waals surface area contributed by atoms with Crippen LogP contribution in [0, 0.1) is 0 Å². The lowest BCUT2D eigenvalue weighted by Gasteiger charge is -2.27. The molecule has 0 saturated heterocycles. The molecule has 0 radical (unpaired) electrons. The Kier molecular flexibility index (Phi) is 5.97. The van der Waals surface area contributed by atoms with E-state index in [9.17, 15) is 9.59 Å². The fraction of sp³-hybridized carbons (Fsp3) is 0.222. The molecule has 166 valence electrons. The first-order valence-electron chi connectivity index (χ1n) is 11.3. The number of carbonyl (C=O) groups is 2. The molecule has 5 nitrogen and oxygen atoms in total. The molecule has 1 aliphatic rings. The number of nitrogens with one attached hydrogen (secondary N) is 1. The predicted molar refractivity (Wildman–Crippen MR) is 133 cm³/mol. The third kappa shape index (κ3) is 4.16. The van der Waals surface area contributed by atoms with Gasteiger partial charge in [-0.1, -0.05) is 48.7 Å². The second-order valence-electron chi connectivity index (χ2n) is 8.33. The first-order chi connectivity index (χ1) is 16.1. The normalized spacial score (nSPS) is 13.2. The van der Waals surface area contributed by atoms with Crippen molar-refractivity contribution in [3.63, 3.8) is 0 Å². The number of aromatic nitrogens is 1. The number of unbranched alkanes of at least 4 members (excludes halogenated alkanes) is 3. The van der Waals surface area contributed by atoms with E-state index in [1.165, 1.54) is 4.90 Å². The van der Waals surface area contributed by atoms with Gasteiger partial charge in [0.1, 0.15) is 0 Å². The minimum atomic E-state index is -0.185. The smallest absolute Gasteiger partial charge is 0.261 e. The molecule has 0 spiro atoms. The molecule has 1 aromatic heterocycles. The molecule has 0 aliphatic carbocycles. The molecule has 0 fully saturated rings. The maximum absolute atomic E-state index is 12.9. The Morgan fingerprint density at radius 1 is 0.848 bits per heavy atom. The van der Waals surface area contributed by atoms with Crippen molar-refractivity contribution in [2.24, 2.45) is 0 Å². The van der Waals surface area contributed by atoms with E-state index in [2.05, 4.69) is 10.3 Å². The van der Waals surface area contributed by atoms with Crippen molar-refractivity contribution < 1.29 is 9.59 Å². The maximum atomic E-state index is 12.9. The average molecular weight is 458 g/mol. The summed E-state index contributed by atoms with van der Waals surface area (Å²) in [5, 5.41) is 6.93. The molecule has 0 saturated carbocycles. The second kappa shape index (κ2) is 9.20. The Labute approximate surface area is 197 Å². The van der Waals surface area contributed by atoms with E-state index in [1.54, 1.807) is 6.20 Å². The zero-order valence-electron chi connectivity index (χ0n) is 18.2. The van der Waals surface area contributed by atoms with Crippen LogP contribution in [0.5, 0.6) is 0 Å². The number of imide groups is 1. The van der Waals surface area contributed by atoms with Crippen LogP contribution in [0.1, 0.15) is 46.4 Å². The van der Waals surface area contributed by atoms with Crippen molar-refractivity contribution in [1.82, 2.24) is 9.88 Å². The molecule has 1 aliphatic heterocycles. The van der Waals surface area contributed by atoms with E-state index >= 15 is 0 Å². The van der Waals surface area contributed by atoms with Crippen LogP contribution in [0.4, 0.5) is 5.69 Å². The highest BCUT2D eigenvalue weighted by molar-refractivity contribution is 6.31. The van der Waals surface area contributed by atoms with Gasteiger partial charge in [-0.25, -0.2) is 0 Å². The summed E-state index contributed by atoms with van der Waals surface area (Å²) in [6.07, 6.45) is 5.56. The van der Waals surface area contributed by atoms with Gasteiger partial charge in [-0.2, -0.15) is 0 Å². The number of amides is 2. The molecular weight excluding hydrogens is 434 g/mol. The quantitative estimate of drug-likeness (QED) is 0.249. The number of nitrogens with zero attached hydrogens (tertiary/aromatic N) is 2. The van der Waals surface area contributed by atoms with Crippen molar-refractivity contribution in [1.29, 1.82) is 0 Å². The summed E-state index contributed by atoms with van der Waals surface area (Å²) >= 11 is 6.06. The Bertz CT molecular complexity index is 1320. The number of pyridine rings is 1. The number of fused-ring (bicyclic) bond motifs is 1. The fourth-order valence-corrected chi connectivity index (χ4v) is 4.70. The van der Waals surface area contributed by atoms with Crippen molar-refractivity contribution in [2.45, 2.75) is 25.7 Å². The van der Waals surface area contributed by atoms with Crippen molar-refractivity contribution >= 4 is 50.8 Å². The lowest BCUT2D eigenvalue weighted by molar-refractivity contribution is 0.0608. The summed E-state index contributed by atoms with van der Waals surface area (Å²) in [6, 6.07) is 19.0. The molecular formula is C27H24ClN3O2. The molecule has 2 heterocycles. The number of rotatable bonds is 8. The van der Waals surface area contributed by atoms with Crippen molar-refractivity contribution in [2.75, 3.05) is 18.4 Å². The Morgan fingerprint density at radius 2 is 1.58 bits per heavy atom. The van der Waals surface area contributed by atoms with E-state index in [4.69, 9.17) is 11.6 Å². The molecule has 2 amide bonds. The molecule has 5 rings (SSSR count). The predicted octanol–water partition coefficient (Wildman–Crippen LogP) is 6.31. The van der Waals surface area contributed by atoms with Crippen molar-refractivity contribution in [3.05, 3.63) is 83.0 Å². The van der Waals surface area contributed by atoms with Gasteiger partial charge in [0.2, 0.25) is 0 Å². The molecule has 0 unspecified atom stereocenters. The van der Waals surface area contributed by atoms with Crippen LogP contribution in [0.25, 0.3) is 21.7 Å². The summed E-state index contributed by atoms with van der Waals surface area (Å²) in [7, 11) is 0. The zero-order valence-corrected chi connectivity index (χ0v) is 18.9.